The van der Waals surface area contributed by atoms with E-state index in [0.29, 0.717) is 11.1 Å². The molecule has 3 unspecified atom stereocenters. The van der Waals surface area contributed by atoms with E-state index in [0.717, 1.165) is 10.5 Å². The van der Waals surface area contributed by atoms with Crippen LogP contribution in [0.15, 0.2) is 72.8 Å². The number of nitrogens with one attached hydrogen (secondary N) is 2. The Bertz CT molecular complexity index is 1610. The van der Waals surface area contributed by atoms with Crippen molar-refractivity contribution in [3.8, 4) is 11.5 Å². The molecular weight excluding hydrogens is 642 g/mol. The molecule has 0 aliphatic carbocycles. The first-order valence-electron chi connectivity index (χ1n) is 16.4. The van der Waals surface area contributed by atoms with Gasteiger partial charge in [-0.05, 0) is 95.0 Å². The molecule has 3 aromatic carbocycles. The first kappa shape index (κ1) is 39.3. The number of ether oxygens (including phenoxy) is 2. The summed E-state index contributed by atoms with van der Waals surface area (Å²) in [6, 6.07) is 15.6. The van der Waals surface area contributed by atoms with Crippen molar-refractivity contribution in [2.75, 3.05) is 13.2 Å². The summed E-state index contributed by atoms with van der Waals surface area (Å²) in [7, 11) is 0. The second kappa shape index (κ2) is 17.0. The monoisotopic (exact) mass is 691 g/mol. The molecule has 0 heterocycles. The van der Waals surface area contributed by atoms with Crippen molar-refractivity contribution in [1.29, 1.82) is 0 Å². The lowest BCUT2D eigenvalue weighted by Gasteiger charge is -2.35. The number of alkyl carbamates (subject to hydrolysis) is 1. The molecule has 0 aromatic heterocycles. The Hall–Kier alpha value is -5.10. The van der Waals surface area contributed by atoms with Crippen LogP contribution in [-0.4, -0.2) is 80.5 Å². The topological polar surface area (TPSA) is 175 Å². The van der Waals surface area contributed by atoms with Crippen LogP contribution >= 0.6 is 0 Å². The van der Waals surface area contributed by atoms with Gasteiger partial charge in [0.1, 0.15) is 40.8 Å². The number of nitrogens with zero attached hydrogens (tertiary/aromatic N) is 1. The summed E-state index contributed by atoms with van der Waals surface area (Å²) in [6.07, 6.45) is -0.856. The zero-order valence-corrected chi connectivity index (χ0v) is 29.7. The van der Waals surface area contributed by atoms with Crippen LogP contribution in [0.2, 0.25) is 0 Å². The van der Waals surface area contributed by atoms with E-state index in [4.69, 9.17) is 9.47 Å². The van der Waals surface area contributed by atoms with Crippen molar-refractivity contribution in [3.05, 3.63) is 95.1 Å². The largest absolute Gasteiger partial charge is 0.508 e. The van der Waals surface area contributed by atoms with Gasteiger partial charge < -0.3 is 40.3 Å². The maximum Gasteiger partial charge on any atom is 0.408 e. The number of carbonyl (C=O) groups excluding carboxylic acids is 4. The maximum atomic E-state index is 14.5. The molecule has 0 radical (unpaired) electrons. The van der Waals surface area contributed by atoms with Crippen molar-refractivity contribution in [2.24, 2.45) is 0 Å². The summed E-state index contributed by atoms with van der Waals surface area (Å²) >= 11 is 0. The van der Waals surface area contributed by atoms with Gasteiger partial charge in [-0.15, -0.1) is 0 Å². The minimum Gasteiger partial charge on any atom is -0.508 e. The molecule has 3 rings (SSSR count). The third kappa shape index (κ3) is 12.1. The van der Waals surface area contributed by atoms with Gasteiger partial charge in [-0.1, -0.05) is 48.5 Å². The maximum absolute atomic E-state index is 14.5. The van der Waals surface area contributed by atoms with Gasteiger partial charge in [0.25, 0.3) is 0 Å². The molecule has 0 saturated heterocycles. The molecule has 12 heteroatoms. The molecule has 0 bridgehead atoms. The van der Waals surface area contributed by atoms with Crippen molar-refractivity contribution in [3.63, 3.8) is 0 Å². The van der Waals surface area contributed by atoms with Crippen molar-refractivity contribution < 1.29 is 44.0 Å². The van der Waals surface area contributed by atoms with Crippen LogP contribution in [-0.2, 0) is 36.7 Å². The highest BCUT2D eigenvalue weighted by Gasteiger charge is 2.38. The number of phenolic OH excluding ortho intramolecular Hbond substituents is 2. The summed E-state index contributed by atoms with van der Waals surface area (Å²) in [5.41, 5.74) is 0.274. The zero-order valence-electron chi connectivity index (χ0n) is 29.7. The van der Waals surface area contributed by atoms with Crippen LogP contribution in [0.5, 0.6) is 11.5 Å². The van der Waals surface area contributed by atoms with Crippen molar-refractivity contribution >= 4 is 23.9 Å². The van der Waals surface area contributed by atoms with Gasteiger partial charge in [0.05, 0.1) is 6.61 Å². The Morgan fingerprint density at radius 3 is 1.90 bits per heavy atom. The van der Waals surface area contributed by atoms with Crippen LogP contribution in [0.4, 0.5) is 4.79 Å². The standard InChI is InChI=1S/C38H49N3O9/c1-24-21-27(15-18-31(24)44)32(33(45)39-30(35(47)49-37(2,3)4)23-25-11-9-8-10-12-25)41(19-20-42)34(46)29(40-36(48)50-38(5,6)7)22-26-13-16-28(43)17-14-26/h8-18,21,29-30,32,42-44H,19-20,22-23H2,1-7H3,(H,39,45)(H,40,48). The minimum absolute atomic E-state index is 0.00751. The molecule has 0 spiro atoms. The second-order valence-corrected chi connectivity index (χ2v) is 14.1. The smallest absolute Gasteiger partial charge is 0.408 e. The summed E-state index contributed by atoms with van der Waals surface area (Å²) < 4.78 is 11.1. The highest BCUT2D eigenvalue weighted by Crippen LogP contribution is 2.28. The molecule has 3 atom stereocenters. The fourth-order valence-electron chi connectivity index (χ4n) is 5.18. The van der Waals surface area contributed by atoms with E-state index in [1.165, 1.54) is 30.3 Å². The molecule has 3 amide bonds. The quantitative estimate of drug-likeness (QED) is 0.162. The molecule has 0 aliphatic rings. The van der Waals surface area contributed by atoms with Gasteiger partial charge in [-0.25, -0.2) is 9.59 Å². The number of amides is 3. The van der Waals surface area contributed by atoms with Gasteiger partial charge in [-0.2, -0.15) is 0 Å². The Balaban J connectivity index is 2.11. The molecule has 50 heavy (non-hydrogen) atoms. The first-order chi connectivity index (χ1) is 23.4. The number of aromatic hydroxyl groups is 2. The second-order valence-electron chi connectivity index (χ2n) is 14.1. The number of carbonyl (C=O) groups is 4. The lowest BCUT2D eigenvalue weighted by Crippen LogP contribution is -2.56. The average Bonchev–Trinajstić information content (AvgIpc) is 3.01. The fraction of sp³-hybridized carbons (Fsp3) is 0.421. The Kier molecular flexibility index (Phi) is 13.4. The van der Waals surface area contributed by atoms with E-state index < -0.39 is 59.8 Å². The molecular formula is C38H49N3O9. The van der Waals surface area contributed by atoms with E-state index in [9.17, 15) is 34.5 Å². The van der Waals surface area contributed by atoms with Gasteiger partial charge in [0.2, 0.25) is 11.8 Å². The number of aryl methyl sites for hydroxylation is 1. The van der Waals surface area contributed by atoms with Gasteiger partial charge >= 0.3 is 12.1 Å². The van der Waals surface area contributed by atoms with Crippen molar-refractivity contribution in [1.82, 2.24) is 15.5 Å². The highest BCUT2D eigenvalue weighted by atomic mass is 16.6. The van der Waals surface area contributed by atoms with E-state index in [1.54, 1.807) is 72.7 Å². The fourth-order valence-corrected chi connectivity index (χ4v) is 5.18. The zero-order chi connectivity index (χ0) is 37.2. The number of hydrogen-bond acceptors (Lipinski definition) is 9. The van der Waals surface area contributed by atoms with E-state index in [-0.39, 0.29) is 36.4 Å². The lowest BCUT2D eigenvalue weighted by atomic mass is 9.98. The first-order valence-corrected chi connectivity index (χ1v) is 16.4. The molecule has 0 aliphatic heterocycles. The van der Waals surface area contributed by atoms with Crippen LogP contribution in [0, 0.1) is 6.92 Å². The minimum atomic E-state index is -1.43. The van der Waals surface area contributed by atoms with Gasteiger partial charge in [-0.3, -0.25) is 9.59 Å². The van der Waals surface area contributed by atoms with Gasteiger partial charge in [0, 0.05) is 19.4 Å². The number of rotatable bonds is 13. The summed E-state index contributed by atoms with van der Waals surface area (Å²) in [5, 5.41) is 35.7. The Labute approximate surface area is 293 Å². The number of aliphatic hydroxyl groups is 1. The molecule has 0 saturated carbocycles. The average molecular weight is 692 g/mol. The predicted octanol–water partition coefficient (Wildman–Crippen LogP) is 4.47. The lowest BCUT2D eigenvalue weighted by molar-refractivity contribution is -0.159. The molecule has 12 nitrogen and oxygen atoms in total. The van der Waals surface area contributed by atoms with Crippen LogP contribution in [0.25, 0.3) is 0 Å². The van der Waals surface area contributed by atoms with Crippen molar-refractivity contribution in [2.45, 2.75) is 90.6 Å². The van der Waals surface area contributed by atoms with Crippen LogP contribution in [0.3, 0.4) is 0 Å². The van der Waals surface area contributed by atoms with E-state index >= 15 is 0 Å². The van der Waals surface area contributed by atoms with E-state index in [1.807, 2.05) is 18.2 Å². The number of benzene rings is 3. The summed E-state index contributed by atoms with van der Waals surface area (Å²) in [6.45, 7) is 10.9. The van der Waals surface area contributed by atoms with Crippen LogP contribution < -0.4 is 10.6 Å². The third-order valence-corrected chi connectivity index (χ3v) is 7.38. The Morgan fingerprint density at radius 1 is 0.760 bits per heavy atom. The highest BCUT2D eigenvalue weighted by molar-refractivity contribution is 5.94. The molecule has 270 valence electrons. The van der Waals surface area contributed by atoms with Crippen LogP contribution in [0.1, 0.15) is 69.8 Å². The number of esters is 1. The predicted molar refractivity (Wildman–Crippen MR) is 187 cm³/mol. The third-order valence-electron chi connectivity index (χ3n) is 7.38. The molecule has 5 N–H and O–H groups in total. The summed E-state index contributed by atoms with van der Waals surface area (Å²) in [5.74, 6) is -2.22. The van der Waals surface area contributed by atoms with E-state index in [2.05, 4.69) is 10.6 Å². The number of aliphatic hydroxyl groups excluding tert-OH is 1. The normalized spacial score (nSPS) is 13.4. The SMILES string of the molecule is Cc1cc(C(C(=O)NC(Cc2ccccc2)C(=O)OC(C)(C)C)N(CCO)C(=O)C(Cc2ccc(O)cc2)NC(=O)OC(C)(C)C)ccc1O. The van der Waals surface area contributed by atoms with Gasteiger partial charge in [0.15, 0.2) is 0 Å². The molecule has 0 fully saturated rings. The number of hydrogen-bond donors (Lipinski definition) is 5. The number of phenols is 2. The summed E-state index contributed by atoms with van der Waals surface area (Å²) in [4.78, 5) is 56.6. The molecule has 3 aromatic rings. The Morgan fingerprint density at radius 2 is 1.34 bits per heavy atom.